The molecule has 18 heavy (non-hydrogen) atoms. The Morgan fingerprint density at radius 1 is 1.39 bits per heavy atom. The van der Waals surface area contributed by atoms with Crippen LogP contribution in [0.4, 0.5) is 0 Å². The lowest BCUT2D eigenvalue weighted by Gasteiger charge is -2.21. The van der Waals surface area contributed by atoms with Crippen LogP contribution in [0.2, 0.25) is 0 Å². The zero-order chi connectivity index (χ0) is 13.6. The summed E-state index contributed by atoms with van der Waals surface area (Å²) >= 11 is 0. The average molecular weight is 250 g/mol. The van der Waals surface area contributed by atoms with Gasteiger partial charge in [-0.1, -0.05) is 19.1 Å². The largest absolute Gasteiger partial charge is 0.497 e. The third-order valence-corrected chi connectivity index (χ3v) is 3.11. The van der Waals surface area contributed by atoms with Gasteiger partial charge in [0.25, 0.3) is 0 Å². The van der Waals surface area contributed by atoms with E-state index in [0.29, 0.717) is 13.0 Å². The number of hydrogen-bond acceptors (Lipinski definition) is 3. The van der Waals surface area contributed by atoms with Gasteiger partial charge in [0.1, 0.15) is 5.75 Å². The number of hydrogen-bond donors (Lipinski definition) is 2. The van der Waals surface area contributed by atoms with Crippen LogP contribution in [0, 0.1) is 0 Å². The lowest BCUT2D eigenvalue weighted by atomic mass is 9.99. The van der Waals surface area contributed by atoms with Crippen molar-refractivity contribution in [1.82, 2.24) is 5.32 Å². The fourth-order valence-electron chi connectivity index (χ4n) is 1.48. The Morgan fingerprint density at radius 3 is 2.50 bits per heavy atom. The van der Waals surface area contributed by atoms with Crippen LogP contribution in [0.5, 0.6) is 5.75 Å². The third-order valence-electron chi connectivity index (χ3n) is 3.11. The van der Waals surface area contributed by atoms with Crippen molar-refractivity contribution in [2.45, 2.75) is 32.2 Å². The minimum Gasteiger partial charge on any atom is -0.497 e. The smallest absolute Gasteiger partial charge is 0.239 e. The van der Waals surface area contributed by atoms with Gasteiger partial charge in [0.2, 0.25) is 5.91 Å². The first kappa shape index (κ1) is 14.5. The number of carbonyl (C=O) groups excluding carboxylic acids is 1. The van der Waals surface area contributed by atoms with Gasteiger partial charge in [-0.05, 0) is 37.5 Å². The second kappa shape index (κ2) is 6.40. The van der Waals surface area contributed by atoms with Crippen molar-refractivity contribution in [3.63, 3.8) is 0 Å². The van der Waals surface area contributed by atoms with Crippen LogP contribution >= 0.6 is 0 Å². The van der Waals surface area contributed by atoms with Crippen LogP contribution in [0.15, 0.2) is 24.3 Å². The first-order chi connectivity index (χ1) is 8.49. The Balaban J connectivity index is 2.39. The highest BCUT2D eigenvalue weighted by Gasteiger charge is 2.25. The van der Waals surface area contributed by atoms with Crippen molar-refractivity contribution >= 4 is 5.91 Å². The first-order valence-electron chi connectivity index (χ1n) is 6.19. The Bertz CT molecular complexity index is 385. The van der Waals surface area contributed by atoms with Crippen molar-refractivity contribution in [2.75, 3.05) is 13.7 Å². The third kappa shape index (κ3) is 4.04. The van der Waals surface area contributed by atoms with E-state index in [2.05, 4.69) is 5.32 Å². The molecule has 0 spiro atoms. The first-order valence-corrected chi connectivity index (χ1v) is 6.19. The molecule has 0 aliphatic heterocycles. The van der Waals surface area contributed by atoms with Crippen LogP contribution in [0.1, 0.15) is 25.8 Å². The molecule has 0 bridgehead atoms. The van der Waals surface area contributed by atoms with E-state index in [1.165, 1.54) is 0 Å². The summed E-state index contributed by atoms with van der Waals surface area (Å²) < 4.78 is 5.08. The zero-order valence-electron chi connectivity index (χ0n) is 11.3. The van der Waals surface area contributed by atoms with Crippen LogP contribution < -0.4 is 15.8 Å². The van der Waals surface area contributed by atoms with Gasteiger partial charge in [0.05, 0.1) is 12.6 Å². The summed E-state index contributed by atoms with van der Waals surface area (Å²) in [6, 6.07) is 7.81. The molecule has 3 N–H and O–H groups in total. The lowest BCUT2D eigenvalue weighted by molar-refractivity contribution is -0.125. The average Bonchev–Trinajstić information content (AvgIpc) is 2.39. The second-order valence-corrected chi connectivity index (χ2v) is 4.62. The molecule has 4 heteroatoms. The van der Waals surface area contributed by atoms with Crippen LogP contribution in [-0.2, 0) is 11.2 Å². The molecule has 0 aliphatic rings. The van der Waals surface area contributed by atoms with E-state index < -0.39 is 5.54 Å². The molecule has 4 nitrogen and oxygen atoms in total. The summed E-state index contributed by atoms with van der Waals surface area (Å²) in [5.41, 5.74) is 6.23. The molecule has 0 aliphatic carbocycles. The number of amides is 1. The highest BCUT2D eigenvalue weighted by molar-refractivity contribution is 5.85. The highest BCUT2D eigenvalue weighted by Crippen LogP contribution is 2.11. The predicted octanol–water partition coefficient (Wildman–Crippen LogP) is 1.48. The molecule has 0 saturated heterocycles. The summed E-state index contributed by atoms with van der Waals surface area (Å²) in [6.45, 7) is 4.25. The maximum Gasteiger partial charge on any atom is 0.239 e. The van der Waals surface area contributed by atoms with Gasteiger partial charge in [-0.15, -0.1) is 0 Å². The van der Waals surface area contributed by atoms with E-state index in [4.69, 9.17) is 10.5 Å². The standard InChI is InChI=1S/C14H22N2O2/c1-4-14(2,15)13(17)16-10-9-11-5-7-12(18-3)8-6-11/h5-8H,4,9-10,15H2,1-3H3,(H,16,17). The zero-order valence-corrected chi connectivity index (χ0v) is 11.3. The van der Waals surface area contributed by atoms with Gasteiger partial charge in [-0.25, -0.2) is 0 Å². The number of methoxy groups -OCH3 is 1. The molecular weight excluding hydrogens is 228 g/mol. The minimum atomic E-state index is -0.778. The Labute approximate surface area is 109 Å². The van der Waals surface area contributed by atoms with E-state index in [0.717, 1.165) is 17.7 Å². The second-order valence-electron chi connectivity index (χ2n) is 4.62. The summed E-state index contributed by atoms with van der Waals surface area (Å²) in [5.74, 6) is 0.738. The van der Waals surface area contributed by atoms with Gasteiger partial charge in [-0.3, -0.25) is 4.79 Å². The molecule has 0 saturated carbocycles. The van der Waals surface area contributed by atoms with Crippen molar-refractivity contribution in [3.05, 3.63) is 29.8 Å². The van der Waals surface area contributed by atoms with E-state index in [1.54, 1.807) is 14.0 Å². The number of rotatable bonds is 6. The molecule has 1 amide bonds. The molecule has 0 heterocycles. The van der Waals surface area contributed by atoms with Crippen molar-refractivity contribution < 1.29 is 9.53 Å². The van der Waals surface area contributed by atoms with Gasteiger partial charge >= 0.3 is 0 Å². The van der Waals surface area contributed by atoms with Crippen molar-refractivity contribution in [2.24, 2.45) is 5.73 Å². The maximum absolute atomic E-state index is 11.7. The quantitative estimate of drug-likeness (QED) is 0.804. The Hall–Kier alpha value is -1.55. The topological polar surface area (TPSA) is 64.4 Å². The van der Waals surface area contributed by atoms with Crippen LogP contribution in [0.25, 0.3) is 0 Å². The number of benzene rings is 1. The van der Waals surface area contributed by atoms with E-state index in [-0.39, 0.29) is 5.91 Å². The summed E-state index contributed by atoms with van der Waals surface area (Å²) in [6.07, 6.45) is 1.41. The van der Waals surface area contributed by atoms with Crippen LogP contribution in [0.3, 0.4) is 0 Å². The number of nitrogens with one attached hydrogen (secondary N) is 1. The van der Waals surface area contributed by atoms with E-state index >= 15 is 0 Å². The molecule has 0 aromatic heterocycles. The SMILES string of the molecule is CCC(C)(N)C(=O)NCCc1ccc(OC)cc1. The van der Waals surface area contributed by atoms with Crippen molar-refractivity contribution in [1.29, 1.82) is 0 Å². The predicted molar refractivity (Wildman–Crippen MR) is 72.6 cm³/mol. The maximum atomic E-state index is 11.7. The van der Waals surface area contributed by atoms with Gasteiger partial charge < -0.3 is 15.8 Å². The summed E-state index contributed by atoms with van der Waals surface area (Å²) in [5, 5.41) is 2.86. The fourth-order valence-corrected chi connectivity index (χ4v) is 1.48. The molecule has 100 valence electrons. The monoisotopic (exact) mass is 250 g/mol. The van der Waals surface area contributed by atoms with Crippen molar-refractivity contribution in [3.8, 4) is 5.75 Å². The lowest BCUT2D eigenvalue weighted by Crippen LogP contribution is -2.51. The van der Waals surface area contributed by atoms with E-state index in [1.807, 2.05) is 31.2 Å². The van der Waals surface area contributed by atoms with Gasteiger partial charge in [0, 0.05) is 6.54 Å². The summed E-state index contributed by atoms with van der Waals surface area (Å²) in [7, 11) is 1.64. The molecule has 1 aromatic carbocycles. The molecule has 1 aromatic rings. The minimum absolute atomic E-state index is 0.0986. The van der Waals surface area contributed by atoms with Gasteiger partial charge in [0.15, 0.2) is 0 Å². The fraction of sp³-hybridized carbons (Fsp3) is 0.500. The van der Waals surface area contributed by atoms with E-state index in [9.17, 15) is 4.79 Å². The summed E-state index contributed by atoms with van der Waals surface area (Å²) in [4.78, 5) is 11.7. The number of ether oxygens (including phenoxy) is 1. The Morgan fingerprint density at radius 2 is 2.00 bits per heavy atom. The number of nitrogens with two attached hydrogens (primary N) is 1. The molecule has 0 radical (unpaired) electrons. The Kier molecular flexibility index (Phi) is 5.16. The molecule has 1 unspecified atom stereocenters. The normalized spacial score (nSPS) is 13.8. The van der Waals surface area contributed by atoms with Gasteiger partial charge in [-0.2, -0.15) is 0 Å². The number of carbonyl (C=O) groups is 1. The molecule has 0 fully saturated rings. The van der Waals surface area contributed by atoms with Crippen LogP contribution in [-0.4, -0.2) is 25.1 Å². The molecule has 1 atom stereocenters. The molecular formula is C14H22N2O2. The molecule has 1 rings (SSSR count). The highest BCUT2D eigenvalue weighted by atomic mass is 16.5.